The van der Waals surface area contributed by atoms with Crippen molar-refractivity contribution in [2.24, 2.45) is 0 Å². The van der Waals surface area contributed by atoms with Gasteiger partial charge in [0.25, 0.3) is 0 Å². The Morgan fingerprint density at radius 3 is 2.56 bits per heavy atom. The smallest absolute Gasteiger partial charge is 0.147 e. The van der Waals surface area contributed by atoms with Gasteiger partial charge < -0.3 is 10.1 Å². The van der Waals surface area contributed by atoms with E-state index in [0.29, 0.717) is 23.9 Å². The molecule has 2 aromatic rings. The molecule has 0 unspecified atom stereocenters. The van der Waals surface area contributed by atoms with Gasteiger partial charge in [-0.15, -0.1) is 0 Å². The largest absolute Gasteiger partial charge is 0.492 e. The summed E-state index contributed by atoms with van der Waals surface area (Å²) < 4.78 is 18.9. The maximum absolute atomic E-state index is 13.4. The molecule has 0 aliphatic heterocycles. The molecular formula is C14H13ClFNO. The van der Waals surface area contributed by atoms with Crippen molar-refractivity contribution in [1.29, 1.82) is 0 Å². The Balaban J connectivity index is 1.82. The third-order valence-corrected chi connectivity index (χ3v) is 2.69. The van der Waals surface area contributed by atoms with Crippen LogP contribution in [0.15, 0.2) is 48.5 Å². The van der Waals surface area contributed by atoms with Crippen molar-refractivity contribution in [3.8, 4) is 5.75 Å². The van der Waals surface area contributed by atoms with Crippen molar-refractivity contribution >= 4 is 17.3 Å². The molecule has 2 nitrogen and oxygen atoms in total. The predicted molar refractivity (Wildman–Crippen MR) is 71.8 cm³/mol. The molecule has 2 aromatic carbocycles. The number of ether oxygens (including phenoxy) is 1. The number of para-hydroxylation sites is 2. The molecule has 0 atom stereocenters. The molecule has 0 spiro atoms. The van der Waals surface area contributed by atoms with Gasteiger partial charge in [-0.2, -0.15) is 0 Å². The third kappa shape index (κ3) is 3.37. The molecule has 0 aromatic heterocycles. The third-order valence-electron chi connectivity index (χ3n) is 2.38. The standard InChI is InChI=1S/C14H13ClFNO/c15-12-7-4-8-13(16)14(12)17-9-10-18-11-5-2-1-3-6-11/h1-8,17H,9-10H2. The number of rotatable bonds is 5. The molecule has 0 saturated carbocycles. The first kappa shape index (κ1) is 12.7. The maximum Gasteiger partial charge on any atom is 0.147 e. The lowest BCUT2D eigenvalue weighted by atomic mass is 10.3. The molecule has 0 aliphatic carbocycles. The van der Waals surface area contributed by atoms with Crippen LogP contribution in [0.2, 0.25) is 5.02 Å². The summed E-state index contributed by atoms with van der Waals surface area (Å²) in [6, 6.07) is 14.0. The topological polar surface area (TPSA) is 21.3 Å². The van der Waals surface area contributed by atoms with E-state index in [1.54, 1.807) is 12.1 Å². The van der Waals surface area contributed by atoms with Crippen molar-refractivity contribution in [3.63, 3.8) is 0 Å². The fourth-order valence-corrected chi connectivity index (χ4v) is 1.76. The first-order valence-electron chi connectivity index (χ1n) is 5.63. The van der Waals surface area contributed by atoms with Crippen LogP contribution < -0.4 is 10.1 Å². The van der Waals surface area contributed by atoms with Gasteiger partial charge in [0.1, 0.15) is 18.2 Å². The number of anilines is 1. The minimum Gasteiger partial charge on any atom is -0.492 e. The van der Waals surface area contributed by atoms with Crippen molar-refractivity contribution in [2.75, 3.05) is 18.5 Å². The molecule has 4 heteroatoms. The Morgan fingerprint density at radius 1 is 1.06 bits per heavy atom. The molecular weight excluding hydrogens is 253 g/mol. The quantitative estimate of drug-likeness (QED) is 0.826. The van der Waals surface area contributed by atoms with Crippen molar-refractivity contribution in [3.05, 3.63) is 59.4 Å². The summed E-state index contributed by atoms with van der Waals surface area (Å²) in [6.45, 7) is 0.921. The van der Waals surface area contributed by atoms with E-state index >= 15 is 0 Å². The fraction of sp³-hybridized carbons (Fsp3) is 0.143. The number of halogens is 2. The lowest BCUT2D eigenvalue weighted by Gasteiger charge is -2.10. The number of hydrogen-bond donors (Lipinski definition) is 1. The van der Waals surface area contributed by atoms with E-state index in [1.165, 1.54) is 6.07 Å². The highest BCUT2D eigenvalue weighted by molar-refractivity contribution is 6.33. The second-order valence-corrected chi connectivity index (χ2v) is 4.09. The molecule has 0 aliphatic rings. The highest BCUT2D eigenvalue weighted by Crippen LogP contribution is 2.24. The lowest BCUT2D eigenvalue weighted by molar-refractivity contribution is 0.332. The van der Waals surface area contributed by atoms with Crippen LogP contribution in [0.1, 0.15) is 0 Å². The first-order valence-corrected chi connectivity index (χ1v) is 6.01. The van der Waals surface area contributed by atoms with Crippen molar-refractivity contribution in [2.45, 2.75) is 0 Å². The Hall–Kier alpha value is -1.74. The number of benzene rings is 2. The minimum absolute atomic E-state index is 0.316. The summed E-state index contributed by atoms with van der Waals surface area (Å²) in [5.74, 6) is 0.432. The molecule has 0 bridgehead atoms. The zero-order chi connectivity index (χ0) is 12.8. The van der Waals surface area contributed by atoms with Crippen molar-refractivity contribution in [1.82, 2.24) is 0 Å². The fourth-order valence-electron chi connectivity index (χ4n) is 1.53. The van der Waals surface area contributed by atoms with Gasteiger partial charge in [0.15, 0.2) is 0 Å². The molecule has 0 saturated heterocycles. The molecule has 2 rings (SSSR count). The Morgan fingerprint density at radius 2 is 1.83 bits per heavy atom. The van der Waals surface area contributed by atoms with Gasteiger partial charge in [0.2, 0.25) is 0 Å². The molecule has 1 N–H and O–H groups in total. The van der Waals surface area contributed by atoms with Gasteiger partial charge >= 0.3 is 0 Å². The zero-order valence-electron chi connectivity index (χ0n) is 9.70. The molecule has 18 heavy (non-hydrogen) atoms. The highest BCUT2D eigenvalue weighted by Gasteiger charge is 2.05. The minimum atomic E-state index is -0.359. The molecule has 0 radical (unpaired) electrons. The Bertz CT molecular complexity index is 484. The average molecular weight is 266 g/mol. The summed E-state index contributed by atoms with van der Waals surface area (Å²) in [5.41, 5.74) is 0.316. The van der Waals surface area contributed by atoms with Gasteiger partial charge in [0.05, 0.1) is 10.7 Å². The SMILES string of the molecule is Fc1cccc(Cl)c1NCCOc1ccccc1. The number of hydrogen-bond acceptors (Lipinski definition) is 2. The van der Waals surface area contributed by atoms with Crippen LogP contribution in [-0.2, 0) is 0 Å². The summed E-state index contributed by atoms with van der Waals surface area (Å²) >= 11 is 5.88. The lowest BCUT2D eigenvalue weighted by Crippen LogP contribution is -2.12. The van der Waals surface area contributed by atoms with Crippen LogP contribution in [0.25, 0.3) is 0 Å². The summed E-state index contributed by atoms with van der Waals surface area (Å²) in [6.07, 6.45) is 0. The second-order valence-electron chi connectivity index (χ2n) is 3.68. The second kappa shape index (κ2) is 6.26. The van der Waals surface area contributed by atoms with E-state index in [0.717, 1.165) is 5.75 Å². The zero-order valence-corrected chi connectivity index (χ0v) is 10.5. The Labute approximate surface area is 110 Å². The summed E-state index contributed by atoms with van der Waals surface area (Å²) in [5, 5.41) is 3.29. The summed E-state index contributed by atoms with van der Waals surface area (Å²) in [7, 11) is 0. The number of nitrogens with one attached hydrogen (secondary N) is 1. The van der Waals surface area contributed by atoms with Gasteiger partial charge in [-0.3, -0.25) is 0 Å². The van der Waals surface area contributed by atoms with Gasteiger partial charge in [-0.1, -0.05) is 35.9 Å². The average Bonchev–Trinajstić information content (AvgIpc) is 2.38. The Kier molecular flexibility index (Phi) is 4.42. The van der Waals surface area contributed by atoms with Gasteiger partial charge in [-0.25, -0.2) is 4.39 Å². The highest BCUT2D eigenvalue weighted by atomic mass is 35.5. The van der Waals surface area contributed by atoms with Crippen LogP contribution in [0.3, 0.4) is 0 Å². The predicted octanol–water partition coefficient (Wildman–Crippen LogP) is 3.97. The van der Waals surface area contributed by atoms with E-state index in [-0.39, 0.29) is 5.82 Å². The van der Waals surface area contributed by atoms with E-state index < -0.39 is 0 Å². The van der Waals surface area contributed by atoms with Crippen LogP contribution in [0.4, 0.5) is 10.1 Å². The monoisotopic (exact) mass is 265 g/mol. The van der Waals surface area contributed by atoms with Gasteiger partial charge in [0, 0.05) is 6.54 Å². The van der Waals surface area contributed by atoms with Crippen LogP contribution in [0.5, 0.6) is 5.75 Å². The van der Waals surface area contributed by atoms with E-state index in [4.69, 9.17) is 16.3 Å². The normalized spacial score (nSPS) is 10.1. The van der Waals surface area contributed by atoms with Crippen LogP contribution in [0, 0.1) is 5.82 Å². The van der Waals surface area contributed by atoms with E-state index in [1.807, 2.05) is 30.3 Å². The summed E-state index contributed by atoms with van der Waals surface area (Å²) in [4.78, 5) is 0. The first-order chi connectivity index (χ1) is 8.77. The van der Waals surface area contributed by atoms with E-state index in [9.17, 15) is 4.39 Å². The molecule has 0 fully saturated rings. The maximum atomic E-state index is 13.4. The van der Waals surface area contributed by atoms with E-state index in [2.05, 4.69) is 5.32 Å². The molecule has 0 amide bonds. The molecule has 94 valence electrons. The van der Waals surface area contributed by atoms with Crippen LogP contribution >= 0.6 is 11.6 Å². The van der Waals surface area contributed by atoms with Crippen molar-refractivity contribution < 1.29 is 9.13 Å². The van der Waals surface area contributed by atoms with Gasteiger partial charge in [-0.05, 0) is 24.3 Å². The molecule has 0 heterocycles. The van der Waals surface area contributed by atoms with Crippen LogP contribution in [-0.4, -0.2) is 13.2 Å².